The molecule has 3 heteroatoms. The third kappa shape index (κ3) is 1.87. The standard InChI is InChI=1S/C7H12ClNO/c8-9(6-10)7-4-2-1-3-5-7/h6-7H,1-5H2. The van der Waals surface area contributed by atoms with Gasteiger partial charge in [0.25, 0.3) is 0 Å². The van der Waals surface area contributed by atoms with Gasteiger partial charge in [-0.25, -0.2) is 0 Å². The molecule has 2 nitrogen and oxygen atoms in total. The third-order valence-electron chi connectivity index (χ3n) is 2.02. The monoisotopic (exact) mass is 161 g/mol. The maximum Gasteiger partial charge on any atom is 0.224 e. The van der Waals surface area contributed by atoms with E-state index in [-0.39, 0.29) is 0 Å². The molecular formula is C7H12ClNO. The fraction of sp³-hybridized carbons (Fsp3) is 0.857. The first-order valence-electron chi connectivity index (χ1n) is 3.74. The SMILES string of the molecule is O=CN(Cl)C1CCCCC1. The van der Waals surface area contributed by atoms with Crippen LogP contribution in [0.5, 0.6) is 0 Å². The predicted octanol–water partition coefficient (Wildman–Crippen LogP) is 1.93. The van der Waals surface area contributed by atoms with E-state index in [2.05, 4.69) is 0 Å². The van der Waals surface area contributed by atoms with E-state index in [0.29, 0.717) is 12.5 Å². The van der Waals surface area contributed by atoms with Gasteiger partial charge in [0, 0.05) is 17.8 Å². The summed E-state index contributed by atoms with van der Waals surface area (Å²) < 4.78 is 1.28. The van der Waals surface area contributed by atoms with Crippen LogP contribution in [0.2, 0.25) is 0 Å². The van der Waals surface area contributed by atoms with Crippen LogP contribution < -0.4 is 0 Å². The summed E-state index contributed by atoms with van der Waals surface area (Å²) in [6.45, 7) is 0. The van der Waals surface area contributed by atoms with E-state index in [9.17, 15) is 4.79 Å². The zero-order chi connectivity index (χ0) is 7.40. The lowest BCUT2D eigenvalue weighted by Crippen LogP contribution is -2.27. The van der Waals surface area contributed by atoms with E-state index in [1.54, 1.807) is 0 Å². The normalized spacial score (nSPS) is 20.5. The lowest BCUT2D eigenvalue weighted by atomic mass is 9.96. The molecule has 0 radical (unpaired) electrons. The number of hydrogen-bond acceptors (Lipinski definition) is 1. The highest BCUT2D eigenvalue weighted by molar-refractivity contribution is 6.18. The lowest BCUT2D eigenvalue weighted by molar-refractivity contribution is -0.115. The van der Waals surface area contributed by atoms with Gasteiger partial charge < -0.3 is 0 Å². The summed E-state index contributed by atoms with van der Waals surface area (Å²) >= 11 is 5.61. The Morgan fingerprint density at radius 1 is 1.30 bits per heavy atom. The summed E-state index contributed by atoms with van der Waals surface area (Å²) in [5.74, 6) is 0. The fourth-order valence-corrected chi connectivity index (χ4v) is 1.61. The first kappa shape index (κ1) is 7.86. The minimum absolute atomic E-state index is 0.299. The Kier molecular flexibility index (Phi) is 3.00. The van der Waals surface area contributed by atoms with Crippen LogP contribution in [0.4, 0.5) is 0 Å². The molecule has 0 spiro atoms. The lowest BCUT2D eigenvalue weighted by Gasteiger charge is -2.25. The number of carbonyl (C=O) groups is 1. The van der Waals surface area contributed by atoms with Crippen molar-refractivity contribution < 1.29 is 4.79 Å². The van der Waals surface area contributed by atoms with Gasteiger partial charge in [-0.3, -0.25) is 9.21 Å². The molecule has 1 amide bonds. The molecule has 0 aromatic heterocycles. The topological polar surface area (TPSA) is 20.3 Å². The molecule has 0 aliphatic heterocycles. The maximum absolute atomic E-state index is 10.2. The van der Waals surface area contributed by atoms with Crippen molar-refractivity contribution in [1.29, 1.82) is 0 Å². The molecule has 1 rings (SSSR count). The molecule has 1 saturated carbocycles. The molecule has 0 aromatic rings. The van der Waals surface area contributed by atoms with Gasteiger partial charge in [0.05, 0.1) is 0 Å². The number of nitrogens with zero attached hydrogens (tertiary/aromatic N) is 1. The van der Waals surface area contributed by atoms with Crippen LogP contribution in [0.15, 0.2) is 0 Å². The van der Waals surface area contributed by atoms with Crippen LogP contribution >= 0.6 is 11.8 Å². The highest BCUT2D eigenvalue weighted by Gasteiger charge is 2.17. The first-order chi connectivity index (χ1) is 4.84. The number of halogens is 1. The van der Waals surface area contributed by atoms with E-state index >= 15 is 0 Å². The summed E-state index contributed by atoms with van der Waals surface area (Å²) in [5, 5.41) is 0. The van der Waals surface area contributed by atoms with Gasteiger partial charge in [0.1, 0.15) is 0 Å². The van der Waals surface area contributed by atoms with Crippen molar-refractivity contribution in [2.75, 3.05) is 0 Å². The van der Waals surface area contributed by atoms with Gasteiger partial charge in [-0.2, -0.15) is 0 Å². The van der Waals surface area contributed by atoms with Crippen molar-refractivity contribution in [2.24, 2.45) is 0 Å². The molecule has 0 atom stereocenters. The highest BCUT2D eigenvalue weighted by atomic mass is 35.5. The van der Waals surface area contributed by atoms with Crippen LogP contribution in [-0.2, 0) is 4.79 Å². The molecule has 10 heavy (non-hydrogen) atoms. The smallest absolute Gasteiger partial charge is 0.224 e. The Balaban J connectivity index is 2.30. The largest absolute Gasteiger partial charge is 0.277 e. The summed E-state index contributed by atoms with van der Waals surface area (Å²) in [5.41, 5.74) is 0. The number of carbonyl (C=O) groups excluding carboxylic acids is 1. The van der Waals surface area contributed by atoms with Crippen molar-refractivity contribution >= 4 is 18.2 Å². The minimum atomic E-state index is 0.299. The fourth-order valence-electron chi connectivity index (χ4n) is 1.41. The summed E-state index contributed by atoms with van der Waals surface area (Å²) in [4.78, 5) is 10.2. The van der Waals surface area contributed by atoms with E-state index in [1.165, 1.54) is 23.7 Å². The average Bonchev–Trinajstić information content (AvgIpc) is 2.05. The molecule has 0 unspecified atom stereocenters. The Labute approximate surface area is 66.3 Å². The van der Waals surface area contributed by atoms with E-state index in [0.717, 1.165) is 12.8 Å². The molecule has 0 N–H and O–H groups in total. The van der Waals surface area contributed by atoms with Crippen LogP contribution in [0.25, 0.3) is 0 Å². The van der Waals surface area contributed by atoms with E-state index in [1.807, 2.05) is 0 Å². The highest BCUT2D eigenvalue weighted by Crippen LogP contribution is 2.22. The van der Waals surface area contributed by atoms with Gasteiger partial charge in [-0.15, -0.1) is 0 Å². The maximum atomic E-state index is 10.2. The van der Waals surface area contributed by atoms with Gasteiger partial charge in [-0.05, 0) is 12.8 Å². The predicted molar refractivity (Wildman–Crippen MR) is 40.6 cm³/mol. The second-order valence-electron chi connectivity index (χ2n) is 2.74. The second-order valence-corrected chi connectivity index (χ2v) is 3.13. The second kappa shape index (κ2) is 3.81. The molecule has 58 valence electrons. The van der Waals surface area contributed by atoms with E-state index in [4.69, 9.17) is 11.8 Å². The Morgan fingerprint density at radius 2 is 1.90 bits per heavy atom. The number of rotatable bonds is 2. The summed E-state index contributed by atoms with van der Waals surface area (Å²) in [6.07, 6.45) is 6.56. The van der Waals surface area contributed by atoms with Crippen LogP contribution in [0, 0.1) is 0 Å². The van der Waals surface area contributed by atoms with Crippen molar-refractivity contribution in [3.05, 3.63) is 0 Å². The molecule has 0 bridgehead atoms. The van der Waals surface area contributed by atoms with E-state index < -0.39 is 0 Å². The van der Waals surface area contributed by atoms with Gasteiger partial charge in [0.2, 0.25) is 6.41 Å². The Morgan fingerprint density at radius 3 is 2.40 bits per heavy atom. The average molecular weight is 162 g/mol. The number of amides is 1. The van der Waals surface area contributed by atoms with Crippen molar-refractivity contribution in [1.82, 2.24) is 4.42 Å². The molecule has 1 aliphatic carbocycles. The summed E-state index contributed by atoms with van der Waals surface area (Å²) in [6, 6.07) is 0.299. The Hall–Kier alpha value is -0.240. The quantitative estimate of drug-likeness (QED) is 0.448. The number of hydrogen-bond donors (Lipinski definition) is 0. The molecule has 0 aromatic carbocycles. The summed E-state index contributed by atoms with van der Waals surface area (Å²) in [7, 11) is 0. The molecular weight excluding hydrogens is 150 g/mol. The third-order valence-corrected chi connectivity index (χ3v) is 2.38. The molecule has 0 heterocycles. The van der Waals surface area contributed by atoms with Gasteiger partial charge in [0.15, 0.2) is 0 Å². The molecule has 1 fully saturated rings. The van der Waals surface area contributed by atoms with Gasteiger partial charge in [-0.1, -0.05) is 19.3 Å². The molecule has 0 saturated heterocycles. The van der Waals surface area contributed by atoms with Crippen LogP contribution in [0.3, 0.4) is 0 Å². The van der Waals surface area contributed by atoms with Crippen molar-refractivity contribution in [3.63, 3.8) is 0 Å². The van der Waals surface area contributed by atoms with Crippen molar-refractivity contribution in [2.45, 2.75) is 38.1 Å². The zero-order valence-electron chi connectivity index (χ0n) is 5.92. The Bertz CT molecular complexity index is 112. The van der Waals surface area contributed by atoms with Crippen LogP contribution in [-0.4, -0.2) is 16.9 Å². The van der Waals surface area contributed by atoms with Gasteiger partial charge >= 0.3 is 0 Å². The molecule has 1 aliphatic rings. The van der Waals surface area contributed by atoms with Crippen LogP contribution in [0.1, 0.15) is 32.1 Å². The zero-order valence-corrected chi connectivity index (χ0v) is 6.68. The minimum Gasteiger partial charge on any atom is -0.277 e. The van der Waals surface area contributed by atoms with Crippen molar-refractivity contribution in [3.8, 4) is 0 Å². The first-order valence-corrected chi connectivity index (χ1v) is 4.08.